The Kier molecular flexibility index (Phi) is 4.54. The van der Waals surface area contributed by atoms with E-state index in [1.807, 2.05) is 0 Å². The minimum atomic E-state index is -0.994. The van der Waals surface area contributed by atoms with Crippen LogP contribution in [0.2, 0.25) is 0 Å². The molecule has 1 aliphatic carbocycles. The van der Waals surface area contributed by atoms with Gasteiger partial charge in [0.25, 0.3) is 0 Å². The number of hydrogen-bond donors (Lipinski definition) is 2. The number of carboxylic acids is 1. The molecule has 3 rings (SSSR count). The molecule has 1 saturated heterocycles. The van der Waals surface area contributed by atoms with E-state index in [-0.39, 0.29) is 11.5 Å². The number of benzene rings is 1. The zero-order chi connectivity index (χ0) is 17.3. The van der Waals surface area contributed by atoms with E-state index in [0.717, 1.165) is 12.1 Å². The number of nitrogens with one attached hydrogen (secondary N) is 1. The molecule has 2 atom stereocenters. The molecule has 1 amide bonds. The van der Waals surface area contributed by atoms with Gasteiger partial charge in [-0.3, -0.25) is 9.59 Å². The molecular weight excluding hydrogens is 320 g/mol. The molecule has 0 bridgehead atoms. The zero-order valence-corrected chi connectivity index (χ0v) is 13.1. The molecule has 5 nitrogen and oxygen atoms in total. The van der Waals surface area contributed by atoms with Crippen LogP contribution in [0.4, 0.5) is 8.78 Å². The maximum absolute atomic E-state index is 14.3. The third kappa shape index (κ3) is 3.00. The van der Waals surface area contributed by atoms with Crippen LogP contribution in [0.5, 0.6) is 0 Å². The smallest absolute Gasteiger partial charge is 0.307 e. The summed E-state index contributed by atoms with van der Waals surface area (Å²) in [5.74, 6) is -4.09. The third-order valence-electron chi connectivity index (χ3n) is 5.08. The Morgan fingerprint density at radius 2 is 1.83 bits per heavy atom. The molecule has 0 spiro atoms. The molecule has 1 aliphatic heterocycles. The number of amides is 1. The van der Waals surface area contributed by atoms with E-state index in [4.69, 9.17) is 9.84 Å². The average Bonchev–Trinajstić information content (AvgIpc) is 2.45. The largest absolute Gasteiger partial charge is 0.481 e. The lowest BCUT2D eigenvalue weighted by Crippen LogP contribution is -2.54. The fourth-order valence-corrected chi connectivity index (χ4v) is 3.50. The molecule has 2 fully saturated rings. The van der Waals surface area contributed by atoms with E-state index in [2.05, 4.69) is 5.32 Å². The maximum Gasteiger partial charge on any atom is 0.307 e. The highest BCUT2D eigenvalue weighted by Gasteiger charge is 2.45. The van der Waals surface area contributed by atoms with Crippen molar-refractivity contribution in [2.45, 2.75) is 31.2 Å². The van der Waals surface area contributed by atoms with Gasteiger partial charge < -0.3 is 15.2 Å². The van der Waals surface area contributed by atoms with E-state index in [0.29, 0.717) is 38.9 Å². The predicted octanol–water partition coefficient (Wildman–Crippen LogP) is 2.20. The van der Waals surface area contributed by atoms with Gasteiger partial charge in [-0.25, -0.2) is 8.78 Å². The first-order valence-corrected chi connectivity index (χ1v) is 8.01. The minimum Gasteiger partial charge on any atom is -0.481 e. The molecule has 0 radical (unpaired) electrons. The van der Waals surface area contributed by atoms with Gasteiger partial charge in [-0.2, -0.15) is 0 Å². The van der Waals surface area contributed by atoms with Gasteiger partial charge in [0, 0.05) is 24.8 Å². The van der Waals surface area contributed by atoms with Gasteiger partial charge in [-0.15, -0.1) is 0 Å². The molecule has 2 unspecified atom stereocenters. The Labute approximate surface area is 138 Å². The van der Waals surface area contributed by atoms with Crippen LogP contribution in [0.15, 0.2) is 18.2 Å². The monoisotopic (exact) mass is 339 g/mol. The summed E-state index contributed by atoms with van der Waals surface area (Å²) in [4.78, 5) is 23.7. The molecule has 2 N–H and O–H groups in total. The van der Waals surface area contributed by atoms with Crippen molar-refractivity contribution in [3.63, 3.8) is 0 Å². The first-order chi connectivity index (χ1) is 11.4. The van der Waals surface area contributed by atoms with E-state index in [9.17, 15) is 18.4 Å². The lowest BCUT2D eigenvalue weighted by atomic mass is 9.72. The number of carbonyl (C=O) groups is 2. The van der Waals surface area contributed by atoms with Crippen molar-refractivity contribution in [1.29, 1.82) is 0 Å². The van der Waals surface area contributed by atoms with Gasteiger partial charge in [0.1, 0.15) is 11.6 Å². The Bertz CT molecular complexity index is 658. The van der Waals surface area contributed by atoms with Crippen LogP contribution >= 0.6 is 0 Å². The van der Waals surface area contributed by atoms with Gasteiger partial charge in [-0.1, -0.05) is 6.07 Å². The quantitative estimate of drug-likeness (QED) is 0.882. The molecule has 1 heterocycles. The van der Waals surface area contributed by atoms with Crippen LogP contribution in [0.1, 0.15) is 31.2 Å². The summed E-state index contributed by atoms with van der Waals surface area (Å²) in [5.41, 5.74) is -0.780. The van der Waals surface area contributed by atoms with Crippen molar-refractivity contribution in [2.24, 2.45) is 11.8 Å². The lowest BCUT2D eigenvalue weighted by molar-refractivity contribution is -0.153. The van der Waals surface area contributed by atoms with Crippen molar-refractivity contribution >= 4 is 11.9 Å². The van der Waals surface area contributed by atoms with Gasteiger partial charge >= 0.3 is 5.97 Å². The van der Waals surface area contributed by atoms with E-state index in [1.165, 1.54) is 6.07 Å². The number of ether oxygens (including phenoxy) is 1. The van der Waals surface area contributed by atoms with E-state index < -0.39 is 35.0 Å². The molecular formula is C17H19F2NO4. The van der Waals surface area contributed by atoms with Crippen LogP contribution in [-0.2, 0) is 19.9 Å². The number of carboxylic acid groups (broad SMARTS) is 1. The second-order valence-electron chi connectivity index (χ2n) is 6.44. The van der Waals surface area contributed by atoms with Crippen molar-refractivity contribution in [3.8, 4) is 0 Å². The number of hydrogen-bond acceptors (Lipinski definition) is 3. The third-order valence-corrected chi connectivity index (χ3v) is 5.08. The van der Waals surface area contributed by atoms with E-state index in [1.54, 1.807) is 0 Å². The fraction of sp³-hybridized carbons (Fsp3) is 0.529. The standard InChI is InChI=1S/C17H19F2NO4/c18-10-1-4-13(14(19)9-10)17(5-7-24-8-6-17)20-15(21)11-2-3-12(11)16(22)23/h1,4,9,11-12H,2-3,5-8H2,(H,20,21)(H,22,23). The Hall–Kier alpha value is -2.02. The summed E-state index contributed by atoms with van der Waals surface area (Å²) in [6, 6.07) is 3.29. The first-order valence-electron chi connectivity index (χ1n) is 8.01. The summed E-state index contributed by atoms with van der Waals surface area (Å²) in [6.45, 7) is 0.675. The first kappa shape index (κ1) is 16.8. The predicted molar refractivity (Wildman–Crippen MR) is 80.1 cm³/mol. The number of aliphatic carboxylic acids is 1. The molecule has 1 aromatic carbocycles. The molecule has 2 aliphatic rings. The molecule has 130 valence electrons. The number of halogens is 2. The summed E-state index contributed by atoms with van der Waals surface area (Å²) >= 11 is 0. The van der Waals surface area contributed by atoms with E-state index >= 15 is 0 Å². The minimum absolute atomic E-state index is 0.215. The molecule has 1 aromatic rings. The summed E-state index contributed by atoms with van der Waals surface area (Å²) in [6.07, 6.45) is 1.67. The maximum atomic E-state index is 14.3. The molecule has 0 aromatic heterocycles. The van der Waals surface area contributed by atoms with Crippen LogP contribution in [0.3, 0.4) is 0 Å². The second-order valence-corrected chi connectivity index (χ2v) is 6.44. The lowest BCUT2D eigenvalue weighted by Gasteiger charge is -2.41. The highest BCUT2D eigenvalue weighted by molar-refractivity contribution is 5.86. The normalized spacial score (nSPS) is 25.6. The highest BCUT2D eigenvalue weighted by atomic mass is 19.1. The highest BCUT2D eigenvalue weighted by Crippen LogP contribution is 2.38. The molecule has 24 heavy (non-hydrogen) atoms. The van der Waals surface area contributed by atoms with Crippen LogP contribution in [-0.4, -0.2) is 30.2 Å². The Morgan fingerprint density at radius 1 is 1.17 bits per heavy atom. The average molecular weight is 339 g/mol. The van der Waals surface area contributed by atoms with Gasteiger partial charge in [0.2, 0.25) is 5.91 Å². The summed E-state index contributed by atoms with van der Waals surface area (Å²) in [5, 5.41) is 12.0. The zero-order valence-electron chi connectivity index (χ0n) is 13.1. The summed E-state index contributed by atoms with van der Waals surface area (Å²) in [7, 11) is 0. The summed E-state index contributed by atoms with van der Waals surface area (Å²) < 4.78 is 32.8. The van der Waals surface area contributed by atoms with Crippen molar-refractivity contribution < 1.29 is 28.2 Å². The fourth-order valence-electron chi connectivity index (χ4n) is 3.50. The van der Waals surface area contributed by atoms with Crippen molar-refractivity contribution in [2.75, 3.05) is 13.2 Å². The van der Waals surface area contributed by atoms with Crippen LogP contribution < -0.4 is 5.32 Å². The number of carbonyl (C=O) groups excluding carboxylic acids is 1. The van der Waals surface area contributed by atoms with Gasteiger partial charge in [-0.05, 0) is 31.7 Å². The number of rotatable bonds is 4. The molecule has 7 heteroatoms. The van der Waals surface area contributed by atoms with Crippen LogP contribution in [0.25, 0.3) is 0 Å². The SMILES string of the molecule is O=C(O)C1CCC1C(=O)NC1(c2ccc(F)cc2F)CCOCC1. The Balaban J connectivity index is 1.86. The Morgan fingerprint density at radius 3 is 2.38 bits per heavy atom. The van der Waals surface area contributed by atoms with Crippen molar-refractivity contribution in [3.05, 3.63) is 35.4 Å². The molecule has 1 saturated carbocycles. The van der Waals surface area contributed by atoms with Gasteiger partial charge in [0.15, 0.2) is 0 Å². The second kappa shape index (κ2) is 6.47. The van der Waals surface area contributed by atoms with Crippen molar-refractivity contribution in [1.82, 2.24) is 5.32 Å². The van der Waals surface area contributed by atoms with Gasteiger partial charge in [0.05, 0.1) is 17.4 Å². The van der Waals surface area contributed by atoms with Crippen LogP contribution in [0, 0.1) is 23.5 Å². The topological polar surface area (TPSA) is 75.6 Å².